The van der Waals surface area contributed by atoms with Gasteiger partial charge in [0.05, 0.1) is 20.6 Å². The lowest BCUT2D eigenvalue weighted by Gasteiger charge is -2.32. The highest BCUT2D eigenvalue weighted by atomic mass is 16.5. The van der Waals surface area contributed by atoms with Crippen LogP contribution in [0.2, 0.25) is 0 Å². The molecule has 1 amide bonds. The maximum absolute atomic E-state index is 12.2. The summed E-state index contributed by atoms with van der Waals surface area (Å²) >= 11 is 0. The number of carbonyl (C=O) groups is 1. The molecule has 5 heteroatoms. The summed E-state index contributed by atoms with van der Waals surface area (Å²) in [5.41, 5.74) is 2.29. The summed E-state index contributed by atoms with van der Waals surface area (Å²) in [6.07, 6.45) is 2.64. The van der Waals surface area contributed by atoms with Crippen molar-refractivity contribution in [2.75, 3.05) is 33.9 Å². The molecule has 0 aliphatic carbocycles. The van der Waals surface area contributed by atoms with Crippen molar-refractivity contribution in [3.8, 4) is 11.5 Å². The molecule has 2 aromatic carbocycles. The number of methoxy groups -OCH3 is 2. The summed E-state index contributed by atoms with van der Waals surface area (Å²) in [6, 6.07) is 16.0. The van der Waals surface area contributed by atoms with Crippen LogP contribution in [0.1, 0.15) is 24.0 Å². The van der Waals surface area contributed by atoms with Crippen molar-refractivity contribution in [3.05, 3.63) is 59.7 Å². The molecule has 1 aliphatic heterocycles. The molecule has 1 N–H and O–H groups in total. The largest absolute Gasteiger partial charge is 0.497 e. The van der Waals surface area contributed by atoms with E-state index in [0.717, 1.165) is 56.1 Å². The molecule has 1 aliphatic rings. The molecule has 0 atom stereocenters. The zero-order valence-corrected chi connectivity index (χ0v) is 16.8. The fourth-order valence-corrected chi connectivity index (χ4v) is 3.63. The molecule has 1 heterocycles. The second-order valence-corrected chi connectivity index (χ2v) is 7.40. The number of rotatable bonds is 8. The lowest BCUT2D eigenvalue weighted by Crippen LogP contribution is -2.38. The molecular weight excluding hydrogens is 352 g/mol. The molecule has 0 saturated carbocycles. The highest BCUT2D eigenvalue weighted by Crippen LogP contribution is 2.20. The Kier molecular flexibility index (Phi) is 7.31. The molecule has 150 valence electrons. The van der Waals surface area contributed by atoms with E-state index in [4.69, 9.17) is 9.47 Å². The molecular formula is C23H30N2O3. The van der Waals surface area contributed by atoms with E-state index in [9.17, 15) is 4.79 Å². The van der Waals surface area contributed by atoms with Gasteiger partial charge in [-0.25, -0.2) is 0 Å². The van der Waals surface area contributed by atoms with Crippen LogP contribution in [-0.2, 0) is 17.8 Å². The predicted octanol–water partition coefficient (Wildman–Crippen LogP) is 3.27. The van der Waals surface area contributed by atoms with Crippen molar-refractivity contribution in [2.45, 2.75) is 25.8 Å². The fourth-order valence-electron chi connectivity index (χ4n) is 3.63. The molecule has 28 heavy (non-hydrogen) atoms. The topological polar surface area (TPSA) is 50.8 Å². The number of ether oxygens (including phenoxy) is 2. The molecule has 0 aromatic heterocycles. The van der Waals surface area contributed by atoms with Crippen LogP contribution in [0.5, 0.6) is 11.5 Å². The van der Waals surface area contributed by atoms with Crippen LogP contribution in [0, 0.1) is 5.92 Å². The highest BCUT2D eigenvalue weighted by Gasteiger charge is 2.19. The quantitative estimate of drug-likeness (QED) is 0.761. The van der Waals surface area contributed by atoms with Crippen LogP contribution in [0.15, 0.2) is 48.5 Å². The van der Waals surface area contributed by atoms with Crippen LogP contribution in [0.4, 0.5) is 0 Å². The van der Waals surface area contributed by atoms with Crippen molar-refractivity contribution < 1.29 is 14.3 Å². The zero-order chi connectivity index (χ0) is 19.8. The van der Waals surface area contributed by atoms with Gasteiger partial charge in [-0.1, -0.05) is 24.3 Å². The van der Waals surface area contributed by atoms with Crippen LogP contribution >= 0.6 is 0 Å². The van der Waals surface area contributed by atoms with E-state index >= 15 is 0 Å². The van der Waals surface area contributed by atoms with Crippen LogP contribution < -0.4 is 14.8 Å². The first-order chi connectivity index (χ1) is 13.7. The maximum Gasteiger partial charge on any atom is 0.224 e. The van der Waals surface area contributed by atoms with Gasteiger partial charge in [0, 0.05) is 13.1 Å². The molecule has 1 saturated heterocycles. The molecule has 0 radical (unpaired) electrons. The van der Waals surface area contributed by atoms with Gasteiger partial charge in [0.25, 0.3) is 0 Å². The molecule has 0 bridgehead atoms. The van der Waals surface area contributed by atoms with Gasteiger partial charge in [-0.15, -0.1) is 0 Å². The smallest absolute Gasteiger partial charge is 0.224 e. The summed E-state index contributed by atoms with van der Waals surface area (Å²) in [5, 5.41) is 3.10. The summed E-state index contributed by atoms with van der Waals surface area (Å²) in [4.78, 5) is 14.7. The molecule has 5 nitrogen and oxygen atoms in total. The Morgan fingerprint density at radius 1 is 1.00 bits per heavy atom. The van der Waals surface area contributed by atoms with E-state index in [2.05, 4.69) is 22.3 Å². The van der Waals surface area contributed by atoms with Gasteiger partial charge in [-0.05, 0) is 67.2 Å². The Balaban J connectivity index is 1.37. The number of benzene rings is 2. The third-order valence-electron chi connectivity index (χ3n) is 5.36. The molecule has 0 unspecified atom stereocenters. The van der Waals surface area contributed by atoms with Crippen molar-refractivity contribution >= 4 is 5.91 Å². The number of piperidine rings is 1. The Bertz CT molecular complexity index is 753. The van der Waals surface area contributed by atoms with E-state index in [1.54, 1.807) is 14.2 Å². The predicted molar refractivity (Wildman–Crippen MR) is 111 cm³/mol. The van der Waals surface area contributed by atoms with Gasteiger partial charge in [-0.2, -0.15) is 0 Å². The monoisotopic (exact) mass is 382 g/mol. The normalized spacial score (nSPS) is 15.2. The van der Waals surface area contributed by atoms with Crippen molar-refractivity contribution in [1.29, 1.82) is 0 Å². The zero-order valence-electron chi connectivity index (χ0n) is 16.8. The minimum atomic E-state index is 0.0777. The minimum Gasteiger partial charge on any atom is -0.497 e. The minimum absolute atomic E-state index is 0.0777. The number of nitrogens with zero attached hydrogens (tertiary/aromatic N) is 1. The third kappa shape index (κ3) is 5.99. The first kappa shape index (κ1) is 20.2. The Morgan fingerprint density at radius 2 is 1.71 bits per heavy atom. The van der Waals surface area contributed by atoms with Gasteiger partial charge >= 0.3 is 0 Å². The van der Waals surface area contributed by atoms with Crippen LogP contribution in [0.25, 0.3) is 0 Å². The molecule has 3 rings (SSSR count). The Labute approximate surface area is 167 Å². The summed E-state index contributed by atoms with van der Waals surface area (Å²) < 4.78 is 10.4. The highest BCUT2D eigenvalue weighted by molar-refractivity contribution is 5.78. The van der Waals surface area contributed by atoms with Crippen LogP contribution in [-0.4, -0.2) is 44.7 Å². The van der Waals surface area contributed by atoms with Crippen molar-refractivity contribution in [3.63, 3.8) is 0 Å². The van der Waals surface area contributed by atoms with Gasteiger partial charge in [0.15, 0.2) is 0 Å². The van der Waals surface area contributed by atoms with Gasteiger partial charge in [0.1, 0.15) is 11.5 Å². The molecule has 2 aromatic rings. The van der Waals surface area contributed by atoms with Gasteiger partial charge in [0.2, 0.25) is 5.91 Å². The maximum atomic E-state index is 12.2. The van der Waals surface area contributed by atoms with E-state index in [1.165, 1.54) is 5.56 Å². The summed E-state index contributed by atoms with van der Waals surface area (Å²) in [6.45, 7) is 3.88. The second kappa shape index (κ2) is 10.1. The number of amides is 1. The summed E-state index contributed by atoms with van der Waals surface area (Å²) in [7, 11) is 3.33. The average molecular weight is 383 g/mol. The fraction of sp³-hybridized carbons (Fsp3) is 0.435. The number of likely N-dealkylation sites (tertiary alicyclic amines) is 1. The molecule has 0 spiro atoms. The Morgan fingerprint density at radius 3 is 2.39 bits per heavy atom. The van der Waals surface area contributed by atoms with E-state index < -0.39 is 0 Å². The second-order valence-electron chi connectivity index (χ2n) is 7.40. The van der Waals surface area contributed by atoms with E-state index in [0.29, 0.717) is 12.3 Å². The number of hydrogen-bond acceptors (Lipinski definition) is 4. The molecule has 1 fully saturated rings. The number of hydrogen-bond donors (Lipinski definition) is 1. The third-order valence-corrected chi connectivity index (χ3v) is 5.36. The lowest BCUT2D eigenvalue weighted by molar-refractivity contribution is -0.120. The summed E-state index contributed by atoms with van der Waals surface area (Å²) in [5.74, 6) is 2.32. The SMILES string of the molecule is COc1ccc(CN2CCC(CNC(=O)Cc3cccc(OC)c3)CC2)cc1. The Hall–Kier alpha value is -2.53. The van der Waals surface area contributed by atoms with E-state index in [-0.39, 0.29) is 5.91 Å². The number of nitrogens with one attached hydrogen (secondary N) is 1. The lowest BCUT2D eigenvalue weighted by atomic mass is 9.96. The first-order valence-corrected chi connectivity index (χ1v) is 9.91. The standard InChI is InChI=1S/C23H30N2O3/c1-27-21-8-6-19(7-9-21)17-25-12-10-18(11-13-25)16-24-23(26)15-20-4-3-5-22(14-20)28-2/h3-9,14,18H,10-13,15-17H2,1-2H3,(H,24,26). The van der Waals surface area contributed by atoms with Crippen LogP contribution in [0.3, 0.4) is 0 Å². The van der Waals surface area contributed by atoms with E-state index in [1.807, 2.05) is 36.4 Å². The van der Waals surface area contributed by atoms with Gasteiger partial charge < -0.3 is 14.8 Å². The van der Waals surface area contributed by atoms with Gasteiger partial charge in [-0.3, -0.25) is 9.69 Å². The average Bonchev–Trinajstić information content (AvgIpc) is 2.74. The van der Waals surface area contributed by atoms with Crippen molar-refractivity contribution in [1.82, 2.24) is 10.2 Å². The van der Waals surface area contributed by atoms with Crippen molar-refractivity contribution in [2.24, 2.45) is 5.92 Å². The number of carbonyl (C=O) groups excluding carboxylic acids is 1. The first-order valence-electron chi connectivity index (χ1n) is 9.91.